The number of hydrogen-bond donors (Lipinski definition) is 0. The summed E-state index contributed by atoms with van der Waals surface area (Å²) < 4.78 is 10.9. The lowest BCUT2D eigenvalue weighted by Crippen LogP contribution is -2.22. The van der Waals surface area contributed by atoms with Gasteiger partial charge in [0.2, 0.25) is 0 Å². The molecule has 2 aromatic rings. The number of allylic oxidation sites excluding steroid dienone is 1. The van der Waals surface area contributed by atoms with E-state index >= 15 is 0 Å². The summed E-state index contributed by atoms with van der Waals surface area (Å²) in [6.07, 6.45) is 8.29. The van der Waals surface area contributed by atoms with Gasteiger partial charge in [0.05, 0.1) is 13.0 Å². The molecule has 1 saturated carbocycles. The molecule has 0 amide bonds. The molecule has 4 nitrogen and oxygen atoms in total. The van der Waals surface area contributed by atoms with Crippen LogP contribution in [-0.2, 0) is 4.79 Å². The molecule has 3 rings (SSSR count). The molecule has 0 aromatic heterocycles. The van der Waals surface area contributed by atoms with Gasteiger partial charge in [0.1, 0.15) is 0 Å². The van der Waals surface area contributed by atoms with Crippen LogP contribution < -0.4 is 9.47 Å². The second kappa shape index (κ2) is 9.56. The molecule has 146 valence electrons. The third kappa shape index (κ3) is 5.23. The van der Waals surface area contributed by atoms with Gasteiger partial charge in [-0.15, -0.1) is 0 Å². The van der Waals surface area contributed by atoms with Crippen molar-refractivity contribution in [3.05, 3.63) is 64.7 Å². The van der Waals surface area contributed by atoms with Crippen LogP contribution in [0, 0.1) is 5.92 Å². The molecule has 1 fully saturated rings. The van der Waals surface area contributed by atoms with Crippen LogP contribution in [0.3, 0.4) is 0 Å². The van der Waals surface area contributed by atoms with Crippen LogP contribution in [-0.4, -0.2) is 18.9 Å². The molecule has 0 N–H and O–H groups in total. The number of carbonyl (C=O) groups is 2. The summed E-state index contributed by atoms with van der Waals surface area (Å²) in [5.41, 5.74) is 1.34. The molecule has 0 saturated heterocycles. The summed E-state index contributed by atoms with van der Waals surface area (Å²) in [6.45, 7) is 0. The first kappa shape index (κ1) is 20.2. The topological polar surface area (TPSA) is 52.6 Å². The van der Waals surface area contributed by atoms with Gasteiger partial charge in [-0.2, -0.15) is 0 Å². The lowest BCUT2D eigenvalue weighted by atomic mass is 9.89. The molecule has 0 unspecified atom stereocenters. The Morgan fingerprint density at radius 2 is 1.71 bits per heavy atom. The number of hydrogen-bond acceptors (Lipinski definition) is 4. The fourth-order valence-corrected chi connectivity index (χ4v) is 3.41. The van der Waals surface area contributed by atoms with Crippen molar-refractivity contribution in [3.63, 3.8) is 0 Å². The molecule has 2 aromatic carbocycles. The fourth-order valence-electron chi connectivity index (χ4n) is 3.28. The summed E-state index contributed by atoms with van der Waals surface area (Å²) in [7, 11) is 1.53. The van der Waals surface area contributed by atoms with E-state index in [0.29, 0.717) is 22.1 Å². The van der Waals surface area contributed by atoms with E-state index in [1.807, 2.05) is 0 Å². The van der Waals surface area contributed by atoms with Crippen molar-refractivity contribution >= 4 is 29.4 Å². The van der Waals surface area contributed by atoms with E-state index < -0.39 is 0 Å². The summed E-state index contributed by atoms with van der Waals surface area (Å²) in [5.74, 6) is 0.516. The highest BCUT2D eigenvalue weighted by Gasteiger charge is 2.24. The molecule has 28 heavy (non-hydrogen) atoms. The van der Waals surface area contributed by atoms with E-state index in [0.717, 1.165) is 31.2 Å². The van der Waals surface area contributed by atoms with Gasteiger partial charge in [0, 0.05) is 10.6 Å². The van der Waals surface area contributed by atoms with Gasteiger partial charge in [-0.25, -0.2) is 0 Å². The second-order valence-electron chi connectivity index (χ2n) is 6.87. The predicted octanol–water partition coefficient (Wildman–Crippen LogP) is 5.73. The van der Waals surface area contributed by atoms with Gasteiger partial charge in [-0.3, -0.25) is 9.59 Å². The molecule has 1 aliphatic carbocycles. The average molecular weight is 399 g/mol. The Morgan fingerprint density at radius 3 is 2.39 bits per heavy atom. The number of halogens is 1. The molecular weight excluding hydrogens is 376 g/mol. The third-order valence-corrected chi connectivity index (χ3v) is 5.14. The van der Waals surface area contributed by atoms with Crippen molar-refractivity contribution in [1.29, 1.82) is 0 Å². The zero-order valence-corrected chi connectivity index (χ0v) is 16.6. The van der Waals surface area contributed by atoms with Crippen molar-refractivity contribution in [3.8, 4) is 11.5 Å². The quantitative estimate of drug-likeness (QED) is 0.270. The van der Waals surface area contributed by atoms with Gasteiger partial charge < -0.3 is 9.47 Å². The minimum atomic E-state index is -0.195. The Bertz CT molecular complexity index is 865. The Balaban J connectivity index is 1.69. The lowest BCUT2D eigenvalue weighted by Gasteiger charge is -2.20. The highest BCUT2D eigenvalue weighted by Crippen LogP contribution is 2.31. The molecule has 1 aliphatic rings. The van der Waals surface area contributed by atoms with E-state index in [9.17, 15) is 9.59 Å². The molecule has 0 atom stereocenters. The number of ketones is 1. The van der Waals surface area contributed by atoms with Crippen molar-refractivity contribution < 1.29 is 19.1 Å². The molecule has 0 radical (unpaired) electrons. The molecule has 0 heterocycles. The Kier molecular flexibility index (Phi) is 6.88. The van der Waals surface area contributed by atoms with Gasteiger partial charge in [0.15, 0.2) is 17.3 Å². The number of rotatable bonds is 6. The maximum atomic E-state index is 12.4. The summed E-state index contributed by atoms with van der Waals surface area (Å²) >= 11 is 5.84. The predicted molar refractivity (Wildman–Crippen MR) is 110 cm³/mol. The maximum Gasteiger partial charge on any atom is 0.314 e. The highest BCUT2D eigenvalue weighted by atomic mass is 35.5. The van der Waals surface area contributed by atoms with Gasteiger partial charge >= 0.3 is 5.97 Å². The standard InChI is InChI=1S/C23H23ClO4/c1-27-22-15-16(7-13-20(25)17-9-11-19(24)12-10-17)8-14-21(22)28-23(26)18-5-3-2-4-6-18/h7-15,18H,2-6H2,1H3. The SMILES string of the molecule is COc1cc(C=CC(=O)c2ccc(Cl)cc2)ccc1OC(=O)C1CCCCC1. The van der Waals surface area contributed by atoms with Crippen molar-refractivity contribution in [2.75, 3.05) is 7.11 Å². The van der Waals surface area contributed by atoms with E-state index in [2.05, 4.69) is 0 Å². The first-order valence-electron chi connectivity index (χ1n) is 9.44. The van der Waals surface area contributed by atoms with Crippen LogP contribution in [0.15, 0.2) is 48.5 Å². The number of benzene rings is 2. The fraction of sp³-hybridized carbons (Fsp3) is 0.304. The van der Waals surface area contributed by atoms with E-state index in [1.165, 1.54) is 19.6 Å². The van der Waals surface area contributed by atoms with Crippen LogP contribution >= 0.6 is 11.6 Å². The number of carbonyl (C=O) groups excluding carboxylic acids is 2. The molecule has 0 aliphatic heterocycles. The lowest BCUT2D eigenvalue weighted by molar-refractivity contribution is -0.140. The molecule has 5 heteroatoms. The third-order valence-electron chi connectivity index (χ3n) is 4.89. The minimum absolute atomic E-state index is 0.0324. The first-order chi connectivity index (χ1) is 13.6. The van der Waals surface area contributed by atoms with Gasteiger partial charge in [-0.1, -0.05) is 43.0 Å². The van der Waals surface area contributed by atoms with Crippen LogP contribution in [0.1, 0.15) is 48.0 Å². The van der Waals surface area contributed by atoms with E-state index in [1.54, 1.807) is 48.5 Å². The monoisotopic (exact) mass is 398 g/mol. The Labute approximate surface area is 170 Å². The zero-order chi connectivity index (χ0) is 19.9. The first-order valence-corrected chi connectivity index (χ1v) is 9.82. The van der Waals surface area contributed by atoms with Crippen LogP contribution in [0.4, 0.5) is 0 Å². The summed E-state index contributed by atoms with van der Waals surface area (Å²) in [4.78, 5) is 24.6. The number of ether oxygens (including phenoxy) is 2. The second-order valence-corrected chi connectivity index (χ2v) is 7.31. The van der Waals surface area contributed by atoms with Crippen LogP contribution in [0.5, 0.6) is 11.5 Å². The Morgan fingerprint density at radius 1 is 1.00 bits per heavy atom. The number of methoxy groups -OCH3 is 1. The largest absolute Gasteiger partial charge is 0.493 e. The average Bonchev–Trinajstić information content (AvgIpc) is 2.73. The Hall–Kier alpha value is -2.59. The normalized spacial score (nSPS) is 14.8. The molecule has 0 spiro atoms. The van der Waals surface area contributed by atoms with E-state index in [-0.39, 0.29) is 17.7 Å². The molecular formula is C23H23ClO4. The number of esters is 1. The van der Waals surface area contributed by atoms with Gasteiger partial charge in [0.25, 0.3) is 0 Å². The van der Waals surface area contributed by atoms with Crippen molar-refractivity contribution in [2.45, 2.75) is 32.1 Å². The highest BCUT2D eigenvalue weighted by molar-refractivity contribution is 6.30. The van der Waals surface area contributed by atoms with Gasteiger partial charge in [-0.05, 0) is 60.9 Å². The smallest absolute Gasteiger partial charge is 0.314 e. The zero-order valence-electron chi connectivity index (χ0n) is 15.8. The van der Waals surface area contributed by atoms with Crippen LogP contribution in [0.2, 0.25) is 5.02 Å². The van der Waals surface area contributed by atoms with Crippen LogP contribution in [0.25, 0.3) is 6.08 Å². The summed E-state index contributed by atoms with van der Waals surface area (Å²) in [5, 5.41) is 0.587. The van der Waals surface area contributed by atoms with Crippen molar-refractivity contribution in [2.24, 2.45) is 5.92 Å². The minimum Gasteiger partial charge on any atom is -0.493 e. The maximum absolute atomic E-state index is 12.4. The molecule has 0 bridgehead atoms. The van der Waals surface area contributed by atoms with E-state index in [4.69, 9.17) is 21.1 Å². The van der Waals surface area contributed by atoms with Crippen molar-refractivity contribution in [1.82, 2.24) is 0 Å². The summed E-state index contributed by atoms with van der Waals surface area (Å²) in [6, 6.07) is 12.0.